The second-order valence-electron chi connectivity index (χ2n) is 7.98. The van der Waals surface area contributed by atoms with E-state index in [4.69, 9.17) is 10.5 Å². The summed E-state index contributed by atoms with van der Waals surface area (Å²) in [5, 5.41) is 6.68. The van der Waals surface area contributed by atoms with Crippen molar-refractivity contribution < 1.29 is 27.5 Å². The lowest BCUT2D eigenvalue weighted by molar-refractivity contribution is -0.132. The van der Waals surface area contributed by atoms with E-state index in [9.17, 15) is 22.8 Å². The van der Waals surface area contributed by atoms with Crippen molar-refractivity contribution in [2.45, 2.75) is 35.8 Å². The summed E-state index contributed by atoms with van der Waals surface area (Å²) < 4.78 is 43.3. The molecule has 12 heteroatoms. The van der Waals surface area contributed by atoms with E-state index in [1.807, 2.05) is 0 Å². The quantitative estimate of drug-likeness (QED) is 0.472. The molecule has 2 amide bonds. The van der Waals surface area contributed by atoms with Crippen molar-refractivity contribution in [1.82, 2.24) is 20.1 Å². The number of nitrogens with zero attached hydrogens (tertiary/aromatic N) is 3. The zero-order valence-corrected chi connectivity index (χ0v) is 19.2. The number of pyridine rings is 1. The Hall–Kier alpha value is -3.54. The predicted octanol–water partition coefficient (Wildman–Crippen LogP) is 3.80. The molecule has 2 aromatic heterocycles. The Morgan fingerprint density at radius 3 is 2.49 bits per heavy atom. The molecule has 3 N–H and O–H groups in total. The van der Waals surface area contributed by atoms with E-state index in [0.29, 0.717) is 42.8 Å². The highest BCUT2D eigenvalue weighted by Crippen LogP contribution is 2.36. The molecule has 1 saturated heterocycles. The third kappa shape index (κ3) is 6.53. The van der Waals surface area contributed by atoms with Gasteiger partial charge in [-0.1, -0.05) is 12.1 Å². The van der Waals surface area contributed by atoms with Gasteiger partial charge in [0, 0.05) is 48.8 Å². The number of nitrogens with two attached hydrogens (primary N) is 1. The second-order valence-corrected chi connectivity index (χ2v) is 9.12. The monoisotopic (exact) mass is 505 g/mol. The van der Waals surface area contributed by atoms with Gasteiger partial charge in [0.2, 0.25) is 11.8 Å². The summed E-state index contributed by atoms with van der Waals surface area (Å²) in [5.74, 6) is -0.636. The SMILES string of the molecule is NC(=O)c1cc(-c2ccn[nH]2)cnc1OC1CCN(C(=O)Cc2ccc(SC(F)(F)F)cc2)CC1. The van der Waals surface area contributed by atoms with Gasteiger partial charge in [-0.3, -0.25) is 14.7 Å². The van der Waals surface area contributed by atoms with Crippen LogP contribution in [0, 0.1) is 0 Å². The Bertz CT molecular complexity index is 1180. The first-order valence-corrected chi connectivity index (χ1v) is 11.6. The molecule has 0 unspecified atom stereocenters. The summed E-state index contributed by atoms with van der Waals surface area (Å²) in [6.45, 7) is 0.896. The van der Waals surface area contributed by atoms with Gasteiger partial charge in [-0.25, -0.2) is 4.98 Å². The van der Waals surface area contributed by atoms with Crippen LogP contribution in [0.15, 0.2) is 53.7 Å². The molecule has 0 aliphatic carbocycles. The summed E-state index contributed by atoms with van der Waals surface area (Å²) in [5.41, 5.74) is 3.31. The highest BCUT2D eigenvalue weighted by atomic mass is 32.2. The number of piperidine rings is 1. The molecule has 0 radical (unpaired) electrons. The molecule has 3 heterocycles. The first-order chi connectivity index (χ1) is 16.7. The van der Waals surface area contributed by atoms with Crippen LogP contribution in [-0.4, -0.2) is 56.6 Å². The highest BCUT2D eigenvalue weighted by molar-refractivity contribution is 8.00. The van der Waals surface area contributed by atoms with Gasteiger partial charge in [0.1, 0.15) is 11.7 Å². The van der Waals surface area contributed by atoms with Crippen molar-refractivity contribution in [2.75, 3.05) is 13.1 Å². The zero-order chi connectivity index (χ0) is 25.0. The molecule has 1 aliphatic rings. The molecule has 3 aromatic rings. The Morgan fingerprint density at radius 2 is 1.89 bits per heavy atom. The topological polar surface area (TPSA) is 114 Å². The molecule has 1 fully saturated rings. The molecule has 1 aliphatic heterocycles. The van der Waals surface area contributed by atoms with Gasteiger partial charge >= 0.3 is 5.51 Å². The molecule has 8 nitrogen and oxygen atoms in total. The molecular weight excluding hydrogens is 483 g/mol. The van der Waals surface area contributed by atoms with Gasteiger partial charge < -0.3 is 15.4 Å². The van der Waals surface area contributed by atoms with Crippen LogP contribution in [0.4, 0.5) is 13.2 Å². The standard InChI is InChI=1S/C23H22F3N5O3S/c24-23(25,26)35-17-3-1-14(2-4-17)11-20(32)31-9-6-16(7-10-31)34-22-18(21(27)33)12-15(13-28-22)19-5-8-29-30-19/h1-5,8,12-13,16H,6-7,9-11H2,(H2,27,33)(H,29,30). The Kier molecular flexibility index (Phi) is 7.29. The van der Waals surface area contributed by atoms with Gasteiger partial charge in [0.15, 0.2) is 0 Å². The fourth-order valence-corrected chi connectivity index (χ4v) is 4.30. The van der Waals surface area contributed by atoms with Crippen LogP contribution in [0.1, 0.15) is 28.8 Å². The zero-order valence-electron chi connectivity index (χ0n) is 18.4. The number of benzene rings is 1. The van der Waals surface area contributed by atoms with E-state index in [1.165, 1.54) is 24.3 Å². The molecule has 35 heavy (non-hydrogen) atoms. The number of H-pyrrole nitrogens is 1. The molecule has 0 saturated carbocycles. The normalized spacial score (nSPS) is 14.7. The highest BCUT2D eigenvalue weighted by Gasteiger charge is 2.29. The first-order valence-electron chi connectivity index (χ1n) is 10.8. The summed E-state index contributed by atoms with van der Waals surface area (Å²) in [6.07, 6.45) is 4.07. The average Bonchev–Trinajstić information content (AvgIpc) is 3.35. The number of carbonyl (C=O) groups excluding carboxylic acids is 2. The molecule has 0 bridgehead atoms. The minimum absolute atomic E-state index is 0.0770. The summed E-state index contributed by atoms with van der Waals surface area (Å²) >= 11 is -0.188. The lowest BCUT2D eigenvalue weighted by Gasteiger charge is -2.32. The van der Waals surface area contributed by atoms with Crippen LogP contribution < -0.4 is 10.5 Å². The minimum Gasteiger partial charge on any atom is -0.474 e. The fraction of sp³-hybridized carbons (Fsp3) is 0.304. The maximum absolute atomic E-state index is 12.7. The van der Waals surface area contributed by atoms with E-state index in [2.05, 4.69) is 15.2 Å². The number of likely N-dealkylation sites (tertiary alicyclic amines) is 1. The number of ether oxygens (including phenoxy) is 1. The number of alkyl halides is 3. The lowest BCUT2D eigenvalue weighted by atomic mass is 10.1. The molecule has 0 spiro atoms. The number of carbonyl (C=O) groups is 2. The van der Waals surface area contributed by atoms with E-state index in [0.717, 1.165) is 0 Å². The number of thioether (sulfide) groups is 1. The van der Waals surface area contributed by atoms with Crippen LogP contribution >= 0.6 is 11.8 Å². The maximum Gasteiger partial charge on any atom is 0.446 e. The lowest BCUT2D eigenvalue weighted by Crippen LogP contribution is -2.42. The van der Waals surface area contributed by atoms with E-state index >= 15 is 0 Å². The van der Waals surface area contributed by atoms with E-state index in [-0.39, 0.29) is 46.5 Å². The number of aromatic amines is 1. The number of rotatable bonds is 7. The fourth-order valence-electron chi connectivity index (χ4n) is 3.76. The average molecular weight is 506 g/mol. The van der Waals surface area contributed by atoms with Crippen LogP contribution in [-0.2, 0) is 11.2 Å². The maximum atomic E-state index is 12.7. The van der Waals surface area contributed by atoms with E-state index < -0.39 is 11.4 Å². The summed E-state index contributed by atoms with van der Waals surface area (Å²) in [4.78, 5) is 30.7. The summed E-state index contributed by atoms with van der Waals surface area (Å²) in [6, 6.07) is 9.13. The van der Waals surface area contributed by atoms with Crippen molar-refractivity contribution in [2.24, 2.45) is 5.73 Å². The van der Waals surface area contributed by atoms with Gasteiger partial charge in [-0.15, -0.1) is 0 Å². The van der Waals surface area contributed by atoms with Crippen molar-refractivity contribution in [3.05, 3.63) is 59.9 Å². The number of nitrogens with one attached hydrogen (secondary N) is 1. The number of halogens is 3. The Labute approximate surface area is 203 Å². The molecule has 1 aromatic carbocycles. The third-order valence-electron chi connectivity index (χ3n) is 5.51. The number of amides is 2. The van der Waals surface area contributed by atoms with Crippen LogP contribution in [0.2, 0.25) is 0 Å². The van der Waals surface area contributed by atoms with Gasteiger partial charge in [0.05, 0.1) is 12.1 Å². The van der Waals surface area contributed by atoms with Crippen molar-refractivity contribution in [1.29, 1.82) is 0 Å². The third-order valence-corrected chi connectivity index (χ3v) is 6.25. The van der Waals surface area contributed by atoms with Gasteiger partial charge in [-0.05, 0) is 41.6 Å². The largest absolute Gasteiger partial charge is 0.474 e. The number of primary amides is 1. The smallest absolute Gasteiger partial charge is 0.446 e. The van der Waals surface area contributed by atoms with Crippen LogP contribution in [0.3, 0.4) is 0 Å². The number of hydrogen-bond acceptors (Lipinski definition) is 6. The summed E-state index contributed by atoms with van der Waals surface area (Å²) in [7, 11) is 0. The molecule has 4 rings (SSSR count). The van der Waals surface area contributed by atoms with Crippen LogP contribution in [0.5, 0.6) is 5.88 Å². The van der Waals surface area contributed by atoms with Gasteiger partial charge in [0.25, 0.3) is 5.91 Å². The van der Waals surface area contributed by atoms with Crippen molar-refractivity contribution in [3.63, 3.8) is 0 Å². The van der Waals surface area contributed by atoms with Crippen molar-refractivity contribution in [3.8, 4) is 17.1 Å². The van der Waals surface area contributed by atoms with Gasteiger partial charge in [-0.2, -0.15) is 18.3 Å². The minimum atomic E-state index is -4.35. The van der Waals surface area contributed by atoms with Crippen LogP contribution in [0.25, 0.3) is 11.3 Å². The predicted molar refractivity (Wildman–Crippen MR) is 123 cm³/mol. The van der Waals surface area contributed by atoms with Crippen molar-refractivity contribution >= 4 is 23.6 Å². The molecular formula is C23H22F3N5O3S. The Morgan fingerprint density at radius 1 is 1.17 bits per heavy atom. The number of hydrogen-bond donors (Lipinski definition) is 2. The molecule has 184 valence electrons. The second kappa shape index (κ2) is 10.4. The number of aromatic nitrogens is 3. The van der Waals surface area contributed by atoms with E-state index in [1.54, 1.807) is 29.4 Å². The molecule has 0 atom stereocenters. The first kappa shape index (κ1) is 24.6. The Balaban J connectivity index is 1.32.